The summed E-state index contributed by atoms with van der Waals surface area (Å²) in [6, 6.07) is 9.66. The van der Waals surface area contributed by atoms with E-state index in [1.807, 2.05) is 7.05 Å². The average Bonchev–Trinajstić information content (AvgIpc) is 2.41. The van der Waals surface area contributed by atoms with E-state index in [1.165, 1.54) is 24.0 Å². The summed E-state index contributed by atoms with van der Waals surface area (Å²) in [4.78, 5) is 2.47. The van der Waals surface area contributed by atoms with Gasteiger partial charge in [0.05, 0.1) is 0 Å². The van der Waals surface area contributed by atoms with Gasteiger partial charge in [0.2, 0.25) is 0 Å². The molecule has 1 N–H and O–H groups in total. The van der Waals surface area contributed by atoms with Gasteiger partial charge in [0.1, 0.15) is 0 Å². The quantitative estimate of drug-likeness (QED) is 0.711. The minimum Gasteiger partial charge on any atom is -0.320 e. The van der Waals surface area contributed by atoms with Gasteiger partial charge < -0.3 is 5.32 Å². The predicted molar refractivity (Wildman–Crippen MR) is 80.0 cm³/mol. The Morgan fingerprint density at radius 2 is 1.83 bits per heavy atom. The molecular formula is C16H28N2. The fourth-order valence-corrected chi connectivity index (χ4v) is 2.44. The molecular weight excluding hydrogens is 220 g/mol. The molecule has 18 heavy (non-hydrogen) atoms. The van der Waals surface area contributed by atoms with Crippen molar-refractivity contribution in [3.8, 4) is 0 Å². The molecule has 0 radical (unpaired) electrons. The first-order valence-electron chi connectivity index (χ1n) is 7.16. The molecule has 0 fully saturated rings. The fraction of sp³-hybridized carbons (Fsp3) is 0.625. The van der Waals surface area contributed by atoms with Gasteiger partial charge in [-0.05, 0) is 57.6 Å². The molecule has 1 aromatic rings. The number of rotatable bonds is 8. The summed E-state index contributed by atoms with van der Waals surface area (Å²) >= 11 is 0. The third-order valence-corrected chi connectivity index (χ3v) is 3.63. The SMILES string of the molecule is CCc1ccc(C(CC)N(C)CCCNC)cc1. The summed E-state index contributed by atoms with van der Waals surface area (Å²) in [5.41, 5.74) is 2.87. The summed E-state index contributed by atoms with van der Waals surface area (Å²) < 4.78 is 0. The van der Waals surface area contributed by atoms with Gasteiger partial charge in [0.15, 0.2) is 0 Å². The molecule has 0 aliphatic heterocycles. The van der Waals surface area contributed by atoms with Gasteiger partial charge in [-0.3, -0.25) is 4.90 Å². The maximum absolute atomic E-state index is 3.21. The van der Waals surface area contributed by atoms with Crippen LogP contribution in [0.25, 0.3) is 0 Å². The maximum atomic E-state index is 3.21. The fourth-order valence-electron chi connectivity index (χ4n) is 2.44. The Bertz CT molecular complexity index is 318. The molecule has 1 unspecified atom stereocenters. The number of aryl methyl sites for hydroxylation is 1. The second-order valence-electron chi connectivity index (χ2n) is 4.96. The Kier molecular flexibility index (Phi) is 6.99. The van der Waals surface area contributed by atoms with Crippen molar-refractivity contribution in [2.45, 2.75) is 39.2 Å². The second kappa shape index (κ2) is 8.28. The molecule has 1 rings (SSSR count). The van der Waals surface area contributed by atoms with Crippen molar-refractivity contribution < 1.29 is 0 Å². The molecule has 0 spiro atoms. The number of nitrogens with one attached hydrogen (secondary N) is 1. The van der Waals surface area contributed by atoms with Crippen LogP contribution in [0, 0.1) is 0 Å². The summed E-state index contributed by atoms with van der Waals surface area (Å²) in [6.07, 6.45) is 3.49. The van der Waals surface area contributed by atoms with Gasteiger partial charge in [0, 0.05) is 6.04 Å². The number of benzene rings is 1. The van der Waals surface area contributed by atoms with Crippen molar-refractivity contribution in [3.63, 3.8) is 0 Å². The zero-order valence-corrected chi connectivity index (χ0v) is 12.4. The minimum atomic E-state index is 0.549. The number of hydrogen-bond acceptors (Lipinski definition) is 2. The number of hydrogen-bond donors (Lipinski definition) is 1. The van der Waals surface area contributed by atoms with Crippen LogP contribution >= 0.6 is 0 Å². The van der Waals surface area contributed by atoms with Crippen molar-refractivity contribution in [3.05, 3.63) is 35.4 Å². The van der Waals surface area contributed by atoms with Crippen LogP contribution in [-0.4, -0.2) is 32.1 Å². The molecule has 1 aromatic carbocycles. The van der Waals surface area contributed by atoms with E-state index in [2.05, 4.69) is 55.4 Å². The molecule has 0 heterocycles. The molecule has 2 nitrogen and oxygen atoms in total. The Morgan fingerprint density at radius 3 is 2.33 bits per heavy atom. The maximum Gasteiger partial charge on any atom is 0.0342 e. The third kappa shape index (κ3) is 4.43. The smallest absolute Gasteiger partial charge is 0.0342 e. The normalized spacial score (nSPS) is 12.9. The molecule has 0 aromatic heterocycles. The first-order chi connectivity index (χ1) is 8.72. The summed E-state index contributed by atoms with van der Waals surface area (Å²) in [5.74, 6) is 0. The van der Waals surface area contributed by atoms with E-state index in [1.54, 1.807) is 0 Å². The molecule has 0 amide bonds. The van der Waals surface area contributed by atoms with Crippen molar-refractivity contribution >= 4 is 0 Å². The largest absolute Gasteiger partial charge is 0.320 e. The minimum absolute atomic E-state index is 0.549. The van der Waals surface area contributed by atoms with Crippen LogP contribution in [-0.2, 0) is 6.42 Å². The van der Waals surface area contributed by atoms with Gasteiger partial charge in [-0.1, -0.05) is 38.1 Å². The monoisotopic (exact) mass is 248 g/mol. The Hall–Kier alpha value is -0.860. The van der Waals surface area contributed by atoms with Crippen LogP contribution in [0.5, 0.6) is 0 Å². The number of nitrogens with zero attached hydrogens (tertiary/aromatic N) is 1. The highest BCUT2D eigenvalue weighted by atomic mass is 15.1. The lowest BCUT2D eigenvalue weighted by atomic mass is 10.0. The Labute approximate surface area is 112 Å². The predicted octanol–water partition coefficient (Wildman–Crippen LogP) is 3.24. The summed E-state index contributed by atoms with van der Waals surface area (Å²) in [6.45, 7) is 6.72. The van der Waals surface area contributed by atoms with Crippen LogP contribution in [0.15, 0.2) is 24.3 Å². The molecule has 0 aliphatic rings. The van der Waals surface area contributed by atoms with Gasteiger partial charge in [-0.25, -0.2) is 0 Å². The van der Waals surface area contributed by atoms with E-state index in [0.717, 1.165) is 19.5 Å². The lowest BCUT2D eigenvalue weighted by Gasteiger charge is -2.27. The molecule has 0 saturated heterocycles. The highest BCUT2D eigenvalue weighted by Gasteiger charge is 2.14. The first-order valence-corrected chi connectivity index (χ1v) is 7.16. The van der Waals surface area contributed by atoms with Crippen molar-refractivity contribution in [2.75, 3.05) is 27.2 Å². The van der Waals surface area contributed by atoms with Gasteiger partial charge in [0.25, 0.3) is 0 Å². The van der Waals surface area contributed by atoms with Crippen molar-refractivity contribution in [1.29, 1.82) is 0 Å². The molecule has 1 atom stereocenters. The molecule has 0 bridgehead atoms. The topological polar surface area (TPSA) is 15.3 Å². The van der Waals surface area contributed by atoms with Crippen LogP contribution in [0.1, 0.15) is 43.9 Å². The van der Waals surface area contributed by atoms with E-state index in [4.69, 9.17) is 0 Å². The van der Waals surface area contributed by atoms with E-state index in [9.17, 15) is 0 Å². The van der Waals surface area contributed by atoms with Crippen molar-refractivity contribution in [2.24, 2.45) is 0 Å². The van der Waals surface area contributed by atoms with E-state index in [0.29, 0.717) is 6.04 Å². The zero-order chi connectivity index (χ0) is 13.4. The van der Waals surface area contributed by atoms with Crippen molar-refractivity contribution in [1.82, 2.24) is 10.2 Å². The van der Waals surface area contributed by atoms with Gasteiger partial charge in [-0.2, -0.15) is 0 Å². The lowest BCUT2D eigenvalue weighted by Crippen LogP contribution is -2.27. The first kappa shape index (κ1) is 15.2. The van der Waals surface area contributed by atoms with E-state index in [-0.39, 0.29) is 0 Å². The van der Waals surface area contributed by atoms with Crippen LogP contribution in [0.2, 0.25) is 0 Å². The molecule has 0 saturated carbocycles. The zero-order valence-electron chi connectivity index (χ0n) is 12.4. The van der Waals surface area contributed by atoms with Crippen LogP contribution in [0.3, 0.4) is 0 Å². The van der Waals surface area contributed by atoms with Gasteiger partial charge in [-0.15, -0.1) is 0 Å². The molecule has 2 heteroatoms. The van der Waals surface area contributed by atoms with Crippen LogP contribution in [0.4, 0.5) is 0 Å². The van der Waals surface area contributed by atoms with Crippen LogP contribution < -0.4 is 5.32 Å². The molecule has 0 aliphatic carbocycles. The van der Waals surface area contributed by atoms with E-state index < -0.39 is 0 Å². The highest BCUT2D eigenvalue weighted by molar-refractivity contribution is 5.25. The highest BCUT2D eigenvalue weighted by Crippen LogP contribution is 2.23. The standard InChI is InChI=1S/C16H28N2/c1-5-14-8-10-15(11-9-14)16(6-2)18(4)13-7-12-17-3/h8-11,16-17H,5-7,12-13H2,1-4H3. The lowest BCUT2D eigenvalue weighted by molar-refractivity contribution is 0.236. The third-order valence-electron chi connectivity index (χ3n) is 3.63. The Morgan fingerprint density at radius 1 is 1.17 bits per heavy atom. The Balaban J connectivity index is 2.62. The second-order valence-corrected chi connectivity index (χ2v) is 4.96. The van der Waals surface area contributed by atoms with E-state index >= 15 is 0 Å². The average molecular weight is 248 g/mol. The molecule has 102 valence electrons. The van der Waals surface area contributed by atoms with Gasteiger partial charge >= 0.3 is 0 Å². The summed E-state index contributed by atoms with van der Waals surface area (Å²) in [5, 5.41) is 3.21. The summed E-state index contributed by atoms with van der Waals surface area (Å²) in [7, 11) is 4.25.